The second-order valence-corrected chi connectivity index (χ2v) is 8.14. The molecule has 5 N–H and O–H groups in total. The monoisotopic (exact) mass is 429 g/mol. The summed E-state index contributed by atoms with van der Waals surface area (Å²) in [6, 6.07) is -1.49. The Labute approximate surface area is 168 Å². The zero-order chi connectivity index (χ0) is 21.9. The normalized spacial score (nSPS) is 21.6. The molecule has 2 aromatic rings. The maximum atomic E-state index is 15.3. The molecular weight excluding hydrogens is 406 g/mol. The van der Waals surface area contributed by atoms with E-state index in [2.05, 4.69) is 4.98 Å². The minimum absolute atomic E-state index is 0.0634. The highest BCUT2D eigenvalue weighted by Crippen LogP contribution is 2.41. The lowest BCUT2D eigenvalue weighted by Gasteiger charge is -2.26. The van der Waals surface area contributed by atoms with Crippen molar-refractivity contribution in [2.75, 3.05) is 23.7 Å². The highest BCUT2D eigenvalue weighted by molar-refractivity contribution is 5.97. The van der Waals surface area contributed by atoms with Gasteiger partial charge in [0.1, 0.15) is 0 Å². The predicted octanol–water partition coefficient (Wildman–Crippen LogP) is 1.81. The van der Waals surface area contributed by atoms with Crippen molar-refractivity contribution in [2.24, 2.45) is 11.7 Å². The van der Waals surface area contributed by atoms with Gasteiger partial charge in [0.2, 0.25) is 0 Å². The van der Waals surface area contributed by atoms with Crippen LogP contribution in [0.15, 0.2) is 9.59 Å². The van der Waals surface area contributed by atoms with E-state index in [-0.39, 0.29) is 41.4 Å². The van der Waals surface area contributed by atoms with E-state index in [4.69, 9.17) is 11.5 Å². The van der Waals surface area contributed by atoms with Crippen LogP contribution in [0.2, 0.25) is 0 Å². The largest absolute Gasteiger partial charge is 0.396 e. The number of hydrogen-bond acceptors (Lipinski definition) is 5. The molecule has 2 aliphatic rings. The third-order valence-electron chi connectivity index (χ3n) is 6.17. The maximum absolute atomic E-state index is 15.3. The minimum Gasteiger partial charge on any atom is -0.396 e. The molecule has 0 radical (unpaired) electrons. The lowest BCUT2D eigenvalue weighted by atomic mass is 9.96. The summed E-state index contributed by atoms with van der Waals surface area (Å²) in [5.74, 6) is -1.43. The number of nitrogens with two attached hydrogens (primary N) is 2. The number of anilines is 2. The van der Waals surface area contributed by atoms with E-state index >= 15 is 4.39 Å². The Bertz CT molecular complexity index is 1110. The Kier molecular flexibility index (Phi) is 5.03. The predicted molar refractivity (Wildman–Crippen MR) is 105 cm³/mol. The van der Waals surface area contributed by atoms with Crippen LogP contribution in [-0.4, -0.2) is 41.3 Å². The van der Waals surface area contributed by atoms with E-state index in [0.717, 1.165) is 12.8 Å². The molecule has 1 aromatic carbocycles. The molecular formula is C19H23F4N5O2. The number of halogens is 4. The van der Waals surface area contributed by atoms with Gasteiger partial charge in [0.05, 0.1) is 22.3 Å². The van der Waals surface area contributed by atoms with Gasteiger partial charge in [0, 0.05) is 30.7 Å². The van der Waals surface area contributed by atoms with Gasteiger partial charge in [-0.25, -0.2) is 22.4 Å². The van der Waals surface area contributed by atoms with Crippen LogP contribution in [0.5, 0.6) is 0 Å². The van der Waals surface area contributed by atoms with Crippen LogP contribution >= 0.6 is 0 Å². The minimum atomic E-state index is -3.19. The molecule has 0 bridgehead atoms. The average molecular weight is 429 g/mol. The molecule has 1 aliphatic carbocycles. The highest BCUT2D eigenvalue weighted by Gasteiger charge is 2.38. The summed E-state index contributed by atoms with van der Waals surface area (Å²) in [5.41, 5.74) is 10.6. The van der Waals surface area contributed by atoms with Crippen molar-refractivity contribution in [3.05, 3.63) is 32.2 Å². The van der Waals surface area contributed by atoms with E-state index in [1.807, 2.05) is 0 Å². The Morgan fingerprint density at radius 1 is 1.17 bits per heavy atom. The number of nitrogens with one attached hydrogen (secondary N) is 1. The first-order valence-corrected chi connectivity index (χ1v) is 9.82. The van der Waals surface area contributed by atoms with Crippen LogP contribution in [-0.2, 0) is 0 Å². The summed E-state index contributed by atoms with van der Waals surface area (Å²) in [4.78, 5) is 28.6. The molecule has 0 amide bonds. The van der Waals surface area contributed by atoms with E-state index < -0.39 is 41.6 Å². The zero-order valence-electron chi connectivity index (χ0n) is 16.3. The lowest BCUT2D eigenvalue weighted by molar-refractivity contribution is 0.0258. The summed E-state index contributed by atoms with van der Waals surface area (Å²) in [6.07, 6.45) is -3.86. The van der Waals surface area contributed by atoms with Crippen LogP contribution in [0.4, 0.5) is 28.9 Å². The van der Waals surface area contributed by atoms with Crippen molar-refractivity contribution in [3.63, 3.8) is 0 Å². The van der Waals surface area contributed by atoms with Crippen molar-refractivity contribution < 1.29 is 17.6 Å². The summed E-state index contributed by atoms with van der Waals surface area (Å²) in [6.45, 7) is 1.91. The van der Waals surface area contributed by atoms with Gasteiger partial charge in [-0.05, 0) is 32.1 Å². The number of nitrogens with zero attached hydrogens (tertiary/aromatic N) is 2. The molecule has 11 heteroatoms. The van der Waals surface area contributed by atoms with E-state index in [1.165, 1.54) is 4.57 Å². The SMILES string of the molecule is Cc1c(N2CCC(C(N)C(F)C(F)F)C2)c(F)c(N)c2c(=O)[nH]c(=O)n(C3CC3)c12. The topological polar surface area (TPSA) is 110 Å². The van der Waals surface area contributed by atoms with Crippen molar-refractivity contribution in [1.29, 1.82) is 0 Å². The first-order chi connectivity index (χ1) is 14.1. The number of hydrogen-bond donors (Lipinski definition) is 3. The smallest absolute Gasteiger partial charge is 0.329 e. The van der Waals surface area contributed by atoms with Gasteiger partial charge in [0.25, 0.3) is 12.0 Å². The number of aryl methyl sites for hydroxylation is 1. The molecule has 0 spiro atoms. The summed E-state index contributed by atoms with van der Waals surface area (Å²) < 4.78 is 55.8. The molecule has 1 saturated heterocycles. The van der Waals surface area contributed by atoms with Gasteiger partial charge in [-0.1, -0.05) is 0 Å². The van der Waals surface area contributed by atoms with E-state index in [9.17, 15) is 22.8 Å². The van der Waals surface area contributed by atoms with Gasteiger partial charge in [-0.15, -0.1) is 0 Å². The number of aromatic nitrogens is 2. The quantitative estimate of drug-likeness (QED) is 0.496. The highest BCUT2D eigenvalue weighted by atomic mass is 19.3. The molecule has 1 saturated carbocycles. The number of fused-ring (bicyclic) bond motifs is 1. The third-order valence-corrected chi connectivity index (χ3v) is 6.17. The van der Waals surface area contributed by atoms with Gasteiger partial charge in [-0.3, -0.25) is 14.3 Å². The van der Waals surface area contributed by atoms with Crippen molar-refractivity contribution in [3.8, 4) is 0 Å². The molecule has 30 heavy (non-hydrogen) atoms. The second-order valence-electron chi connectivity index (χ2n) is 8.14. The van der Waals surface area contributed by atoms with E-state index in [0.29, 0.717) is 12.0 Å². The maximum Gasteiger partial charge on any atom is 0.329 e. The molecule has 1 aromatic heterocycles. The molecule has 4 rings (SSSR count). The summed E-state index contributed by atoms with van der Waals surface area (Å²) >= 11 is 0. The molecule has 164 valence electrons. The fraction of sp³-hybridized carbons (Fsp3) is 0.579. The summed E-state index contributed by atoms with van der Waals surface area (Å²) in [7, 11) is 0. The molecule has 3 unspecified atom stereocenters. The number of aromatic amines is 1. The second kappa shape index (κ2) is 7.29. The van der Waals surface area contributed by atoms with Gasteiger partial charge in [0.15, 0.2) is 12.0 Å². The fourth-order valence-electron chi connectivity index (χ4n) is 4.47. The van der Waals surface area contributed by atoms with Crippen LogP contribution in [0.25, 0.3) is 10.9 Å². The Balaban J connectivity index is 1.82. The molecule has 2 heterocycles. The molecule has 2 fully saturated rings. The lowest BCUT2D eigenvalue weighted by Crippen LogP contribution is -2.43. The van der Waals surface area contributed by atoms with Gasteiger partial charge in [-0.2, -0.15) is 0 Å². The zero-order valence-corrected chi connectivity index (χ0v) is 16.3. The molecule has 7 nitrogen and oxygen atoms in total. The molecule has 1 aliphatic heterocycles. The number of alkyl halides is 3. The fourth-order valence-corrected chi connectivity index (χ4v) is 4.47. The van der Waals surface area contributed by atoms with Crippen molar-refractivity contribution in [2.45, 2.75) is 50.9 Å². The summed E-state index contributed by atoms with van der Waals surface area (Å²) in [5, 5.41) is -0.0887. The Hall–Kier alpha value is -2.56. The Morgan fingerprint density at radius 3 is 2.43 bits per heavy atom. The number of H-pyrrole nitrogens is 1. The molecule has 3 atom stereocenters. The number of nitrogen functional groups attached to an aromatic ring is 1. The van der Waals surface area contributed by atoms with Gasteiger partial charge < -0.3 is 16.4 Å². The number of rotatable bonds is 5. The van der Waals surface area contributed by atoms with Crippen LogP contribution in [0, 0.1) is 18.7 Å². The Morgan fingerprint density at radius 2 is 1.83 bits per heavy atom. The first kappa shape index (κ1) is 20.7. The third kappa shape index (κ3) is 3.15. The van der Waals surface area contributed by atoms with E-state index in [1.54, 1.807) is 11.8 Å². The average Bonchev–Trinajstić information content (AvgIpc) is 3.41. The first-order valence-electron chi connectivity index (χ1n) is 9.82. The van der Waals surface area contributed by atoms with Crippen molar-refractivity contribution >= 4 is 22.3 Å². The van der Waals surface area contributed by atoms with Crippen LogP contribution < -0.4 is 27.6 Å². The van der Waals surface area contributed by atoms with Gasteiger partial charge >= 0.3 is 5.69 Å². The van der Waals surface area contributed by atoms with Crippen LogP contribution in [0.3, 0.4) is 0 Å². The van der Waals surface area contributed by atoms with Crippen molar-refractivity contribution in [1.82, 2.24) is 9.55 Å². The number of benzene rings is 1. The van der Waals surface area contributed by atoms with Crippen LogP contribution in [0.1, 0.15) is 30.9 Å². The standard InChI is InChI=1S/C19H23F4N5O2/c1-7-15-10(18(29)26-19(30)28(15)9-2-3-9)14(25)11(20)16(7)27-5-4-8(6-27)13(24)12(21)17(22)23/h8-9,12-13,17H,2-6,24-25H2,1H3,(H,26,29,30).